The van der Waals surface area contributed by atoms with Crippen LogP contribution in [0.4, 0.5) is 0 Å². The van der Waals surface area contributed by atoms with Crippen molar-refractivity contribution in [2.24, 2.45) is 0 Å². The first kappa shape index (κ1) is 11.2. The van der Waals surface area contributed by atoms with Crippen molar-refractivity contribution in [1.82, 2.24) is 9.88 Å². The molecule has 1 fully saturated rings. The van der Waals surface area contributed by atoms with Crippen molar-refractivity contribution >= 4 is 21.8 Å². The lowest BCUT2D eigenvalue weighted by molar-refractivity contribution is 0.0302. The lowest BCUT2D eigenvalue weighted by Gasteiger charge is -2.30. The molecule has 0 aliphatic carbocycles. The summed E-state index contributed by atoms with van der Waals surface area (Å²) in [5, 5.41) is 0. The van der Waals surface area contributed by atoms with Gasteiger partial charge in [0.15, 0.2) is 0 Å². The van der Waals surface area contributed by atoms with Gasteiger partial charge in [-0.2, -0.15) is 0 Å². The summed E-state index contributed by atoms with van der Waals surface area (Å²) in [6.45, 7) is 2.15. The summed E-state index contributed by atoms with van der Waals surface area (Å²) in [7, 11) is 0. The van der Waals surface area contributed by atoms with Crippen molar-refractivity contribution in [2.75, 3.05) is 13.2 Å². The third kappa shape index (κ3) is 1.98. The number of ether oxygens (including phenoxy) is 1. The molecule has 2 aliphatic heterocycles. The first-order valence-corrected chi connectivity index (χ1v) is 6.58. The number of pyridine rings is 1. The summed E-state index contributed by atoms with van der Waals surface area (Å²) in [5.74, 6) is 0.112. The van der Waals surface area contributed by atoms with Crippen LogP contribution in [0.3, 0.4) is 0 Å². The van der Waals surface area contributed by atoms with E-state index in [2.05, 4.69) is 20.9 Å². The van der Waals surface area contributed by atoms with Crippen molar-refractivity contribution in [3.8, 4) is 0 Å². The van der Waals surface area contributed by atoms with Crippen LogP contribution in [0.15, 0.2) is 16.7 Å². The van der Waals surface area contributed by atoms with E-state index in [4.69, 9.17) is 4.74 Å². The van der Waals surface area contributed by atoms with Gasteiger partial charge >= 0.3 is 0 Å². The molecule has 0 N–H and O–H groups in total. The Balaban J connectivity index is 1.85. The Hall–Kier alpha value is -0.940. The summed E-state index contributed by atoms with van der Waals surface area (Å²) < 4.78 is 6.19. The molecule has 2 aliphatic rings. The van der Waals surface area contributed by atoms with Crippen molar-refractivity contribution in [3.05, 3.63) is 28.0 Å². The van der Waals surface area contributed by atoms with Gasteiger partial charge in [-0.1, -0.05) is 0 Å². The largest absolute Gasteiger partial charge is 0.381 e. The van der Waals surface area contributed by atoms with E-state index in [-0.39, 0.29) is 5.91 Å². The van der Waals surface area contributed by atoms with Crippen LogP contribution >= 0.6 is 15.9 Å². The highest BCUT2D eigenvalue weighted by atomic mass is 79.9. The van der Waals surface area contributed by atoms with E-state index < -0.39 is 0 Å². The van der Waals surface area contributed by atoms with Gasteiger partial charge in [-0.15, -0.1) is 0 Å². The Labute approximate surface area is 108 Å². The van der Waals surface area contributed by atoms with Crippen molar-refractivity contribution in [3.63, 3.8) is 0 Å². The van der Waals surface area contributed by atoms with E-state index >= 15 is 0 Å². The van der Waals surface area contributed by atoms with Crippen molar-refractivity contribution in [1.29, 1.82) is 0 Å². The van der Waals surface area contributed by atoms with Gasteiger partial charge in [0.1, 0.15) is 0 Å². The predicted octanol–water partition coefficient (Wildman–Crippen LogP) is 1.98. The van der Waals surface area contributed by atoms with Gasteiger partial charge in [-0.3, -0.25) is 9.78 Å². The molecule has 1 saturated heterocycles. The standard InChI is InChI=1S/C12H13BrN2O2/c13-8-5-10-11(14-6-8)7-15(12(10)16)9-1-3-17-4-2-9/h5-6,9H,1-4,7H2. The fourth-order valence-electron chi connectivity index (χ4n) is 2.46. The molecule has 0 atom stereocenters. The Morgan fingerprint density at radius 2 is 2.18 bits per heavy atom. The normalized spacial score (nSPS) is 20.8. The lowest BCUT2D eigenvalue weighted by Crippen LogP contribution is -2.39. The van der Waals surface area contributed by atoms with Crippen LogP contribution in [-0.4, -0.2) is 35.0 Å². The Bertz CT molecular complexity index is 458. The van der Waals surface area contributed by atoms with Crippen LogP contribution < -0.4 is 0 Å². The molecule has 0 spiro atoms. The fourth-order valence-corrected chi connectivity index (χ4v) is 2.79. The molecule has 90 valence electrons. The van der Waals surface area contributed by atoms with Crippen LogP contribution in [0, 0.1) is 0 Å². The van der Waals surface area contributed by atoms with Gasteiger partial charge in [0, 0.05) is 29.9 Å². The van der Waals surface area contributed by atoms with E-state index in [0.29, 0.717) is 12.6 Å². The number of amides is 1. The monoisotopic (exact) mass is 296 g/mol. The molecule has 1 aromatic heterocycles. The van der Waals surface area contributed by atoms with Gasteiger partial charge in [-0.05, 0) is 34.8 Å². The Morgan fingerprint density at radius 3 is 2.94 bits per heavy atom. The summed E-state index contributed by atoms with van der Waals surface area (Å²) in [5.41, 5.74) is 1.63. The second-order valence-electron chi connectivity index (χ2n) is 4.42. The maximum absolute atomic E-state index is 12.3. The molecule has 3 heterocycles. The third-order valence-electron chi connectivity index (χ3n) is 3.38. The van der Waals surface area contributed by atoms with E-state index in [1.807, 2.05) is 11.0 Å². The number of rotatable bonds is 1. The molecule has 0 radical (unpaired) electrons. The minimum atomic E-state index is 0.112. The molecule has 5 heteroatoms. The number of fused-ring (bicyclic) bond motifs is 1. The number of halogens is 1. The molecule has 4 nitrogen and oxygen atoms in total. The number of aromatic nitrogens is 1. The average molecular weight is 297 g/mol. The Morgan fingerprint density at radius 1 is 1.41 bits per heavy atom. The van der Waals surface area contributed by atoms with Crippen LogP contribution in [0.2, 0.25) is 0 Å². The third-order valence-corrected chi connectivity index (χ3v) is 3.81. The van der Waals surface area contributed by atoms with Gasteiger partial charge in [-0.25, -0.2) is 0 Å². The molecule has 0 saturated carbocycles. The summed E-state index contributed by atoms with van der Waals surface area (Å²) in [6.07, 6.45) is 3.61. The smallest absolute Gasteiger partial charge is 0.256 e. The minimum Gasteiger partial charge on any atom is -0.381 e. The SMILES string of the molecule is O=C1c2cc(Br)cnc2CN1C1CCOCC1. The van der Waals surface area contributed by atoms with Gasteiger partial charge < -0.3 is 9.64 Å². The molecular formula is C12H13BrN2O2. The van der Waals surface area contributed by atoms with E-state index in [0.717, 1.165) is 41.8 Å². The van der Waals surface area contributed by atoms with Crippen molar-refractivity contribution in [2.45, 2.75) is 25.4 Å². The number of carbonyl (C=O) groups excluding carboxylic acids is 1. The zero-order chi connectivity index (χ0) is 11.8. The van der Waals surface area contributed by atoms with Crippen molar-refractivity contribution < 1.29 is 9.53 Å². The maximum Gasteiger partial charge on any atom is 0.256 e. The zero-order valence-corrected chi connectivity index (χ0v) is 10.9. The highest BCUT2D eigenvalue weighted by Gasteiger charge is 2.34. The first-order chi connectivity index (χ1) is 8.25. The molecule has 0 unspecified atom stereocenters. The van der Waals surface area contributed by atoms with Gasteiger partial charge in [0.05, 0.1) is 17.8 Å². The van der Waals surface area contributed by atoms with E-state index in [1.165, 1.54) is 0 Å². The topological polar surface area (TPSA) is 42.4 Å². The lowest BCUT2D eigenvalue weighted by atomic mass is 10.1. The van der Waals surface area contributed by atoms with E-state index in [9.17, 15) is 4.79 Å². The highest BCUT2D eigenvalue weighted by molar-refractivity contribution is 9.10. The quantitative estimate of drug-likeness (QED) is 0.796. The second kappa shape index (κ2) is 4.38. The summed E-state index contributed by atoms with van der Waals surface area (Å²) >= 11 is 3.36. The van der Waals surface area contributed by atoms with Gasteiger partial charge in [0.25, 0.3) is 5.91 Å². The Kier molecular flexibility index (Phi) is 2.88. The number of nitrogens with zero attached hydrogens (tertiary/aromatic N) is 2. The molecule has 1 aromatic rings. The molecule has 0 bridgehead atoms. The first-order valence-electron chi connectivity index (χ1n) is 5.79. The minimum absolute atomic E-state index is 0.112. The highest BCUT2D eigenvalue weighted by Crippen LogP contribution is 2.28. The number of hydrogen-bond acceptors (Lipinski definition) is 3. The fraction of sp³-hybridized carbons (Fsp3) is 0.500. The maximum atomic E-state index is 12.3. The predicted molar refractivity (Wildman–Crippen MR) is 65.7 cm³/mol. The molecule has 3 rings (SSSR count). The van der Waals surface area contributed by atoms with Crippen LogP contribution in [-0.2, 0) is 11.3 Å². The molecular weight excluding hydrogens is 284 g/mol. The molecule has 17 heavy (non-hydrogen) atoms. The second-order valence-corrected chi connectivity index (χ2v) is 5.34. The summed E-state index contributed by atoms with van der Waals surface area (Å²) in [6, 6.07) is 2.17. The number of carbonyl (C=O) groups is 1. The zero-order valence-electron chi connectivity index (χ0n) is 9.36. The van der Waals surface area contributed by atoms with Crippen LogP contribution in [0.5, 0.6) is 0 Å². The van der Waals surface area contributed by atoms with E-state index in [1.54, 1.807) is 6.20 Å². The van der Waals surface area contributed by atoms with Crippen LogP contribution in [0.25, 0.3) is 0 Å². The van der Waals surface area contributed by atoms with Crippen LogP contribution in [0.1, 0.15) is 28.9 Å². The average Bonchev–Trinajstić information content (AvgIpc) is 2.68. The molecule has 1 amide bonds. The number of hydrogen-bond donors (Lipinski definition) is 0. The molecule has 0 aromatic carbocycles. The summed E-state index contributed by atoms with van der Waals surface area (Å²) in [4.78, 5) is 18.5. The van der Waals surface area contributed by atoms with Gasteiger partial charge in [0.2, 0.25) is 0 Å².